The van der Waals surface area contributed by atoms with E-state index in [4.69, 9.17) is 5.10 Å². The number of nitrogens with one attached hydrogen (secondary N) is 1. The van der Waals surface area contributed by atoms with E-state index in [0.29, 0.717) is 6.04 Å². The van der Waals surface area contributed by atoms with E-state index in [9.17, 15) is 0 Å². The normalized spacial score (nSPS) is 17.6. The minimum atomic E-state index is 0.161. The number of hydrogen-bond donors (Lipinski definition) is 1. The Balaban J connectivity index is 2.15. The molecule has 1 saturated carbocycles. The minimum Gasteiger partial charge on any atom is -0.308 e. The average molecular weight is 249 g/mol. The third kappa shape index (κ3) is 2.94. The van der Waals surface area contributed by atoms with Crippen molar-refractivity contribution in [2.45, 2.75) is 78.4 Å². The summed E-state index contributed by atoms with van der Waals surface area (Å²) in [5, 5.41) is 8.34. The van der Waals surface area contributed by atoms with Gasteiger partial charge in [-0.15, -0.1) is 0 Å². The van der Waals surface area contributed by atoms with Gasteiger partial charge in [0.25, 0.3) is 0 Å². The van der Waals surface area contributed by atoms with Crippen molar-refractivity contribution in [1.29, 1.82) is 0 Å². The monoisotopic (exact) mass is 249 g/mol. The Morgan fingerprint density at radius 3 is 2.39 bits per heavy atom. The number of hydrogen-bond acceptors (Lipinski definition) is 2. The van der Waals surface area contributed by atoms with Gasteiger partial charge in [-0.2, -0.15) is 5.10 Å². The van der Waals surface area contributed by atoms with Crippen molar-refractivity contribution < 1.29 is 0 Å². The van der Waals surface area contributed by atoms with Crippen LogP contribution in [-0.2, 0) is 6.54 Å². The summed E-state index contributed by atoms with van der Waals surface area (Å²) in [6.45, 7) is 11.9. The fourth-order valence-corrected chi connectivity index (χ4v) is 2.81. The standard InChI is InChI=1S/C15H27N3/c1-11-14(10-16-15(3,4)5)12(2)18(17-11)13-8-6-7-9-13/h13,16H,6-10H2,1-5H3. The van der Waals surface area contributed by atoms with Gasteiger partial charge in [-0.25, -0.2) is 0 Å². The summed E-state index contributed by atoms with van der Waals surface area (Å²) in [4.78, 5) is 0. The molecule has 0 spiro atoms. The molecule has 1 fully saturated rings. The van der Waals surface area contributed by atoms with Gasteiger partial charge >= 0.3 is 0 Å². The lowest BCUT2D eigenvalue weighted by Gasteiger charge is -2.21. The largest absolute Gasteiger partial charge is 0.308 e. The van der Waals surface area contributed by atoms with Crippen molar-refractivity contribution in [2.24, 2.45) is 0 Å². The molecule has 1 heterocycles. The molecule has 0 amide bonds. The molecule has 1 aliphatic rings. The maximum atomic E-state index is 4.77. The third-order valence-corrected chi connectivity index (χ3v) is 3.94. The Morgan fingerprint density at radius 1 is 1.22 bits per heavy atom. The van der Waals surface area contributed by atoms with Gasteiger partial charge in [0.2, 0.25) is 0 Å². The molecule has 3 nitrogen and oxygen atoms in total. The molecule has 0 aromatic carbocycles. The third-order valence-electron chi connectivity index (χ3n) is 3.94. The molecule has 1 N–H and O–H groups in total. The van der Waals surface area contributed by atoms with Gasteiger partial charge < -0.3 is 5.32 Å². The maximum absolute atomic E-state index is 4.77. The van der Waals surface area contributed by atoms with Crippen molar-refractivity contribution >= 4 is 0 Å². The van der Waals surface area contributed by atoms with Gasteiger partial charge in [-0.1, -0.05) is 12.8 Å². The molecule has 3 heteroatoms. The second-order valence-corrected chi connectivity index (χ2v) is 6.64. The number of nitrogens with zero attached hydrogens (tertiary/aromatic N) is 2. The second kappa shape index (κ2) is 5.04. The Morgan fingerprint density at radius 2 is 1.83 bits per heavy atom. The van der Waals surface area contributed by atoms with Crippen LogP contribution >= 0.6 is 0 Å². The van der Waals surface area contributed by atoms with Crippen LogP contribution in [-0.4, -0.2) is 15.3 Å². The Kier molecular flexibility index (Phi) is 3.81. The lowest BCUT2D eigenvalue weighted by atomic mass is 10.1. The number of rotatable bonds is 3. The Labute approximate surface area is 111 Å². The quantitative estimate of drug-likeness (QED) is 0.888. The smallest absolute Gasteiger partial charge is 0.0641 e. The minimum absolute atomic E-state index is 0.161. The van der Waals surface area contributed by atoms with Crippen molar-refractivity contribution in [2.75, 3.05) is 0 Å². The van der Waals surface area contributed by atoms with Gasteiger partial charge in [-0.3, -0.25) is 4.68 Å². The topological polar surface area (TPSA) is 29.9 Å². The van der Waals surface area contributed by atoms with Crippen LogP contribution in [0.1, 0.15) is 69.4 Å². The summed E-state index contributed by atoms with van der Waals surface area (Å²) >= 11 is 0. The molecule has 0 bridgehead atoms. The highest BCUT2D eigenvalue weighted by molar-refractivity contribution is 5.25. The summed E-state index contributed by atoms with van der Waals surface area (Å²) in [5.41, 5.74) is 4.10. The number of aromatic nitrogens is 2. The van der Waals surface area contributed by atoms with Crippen LogP contribution in [0, 0.1) is 13.8 Å². The van der Waals surface area contributed by atoms with Gasteiger partial charge in [0.15, 0.2) is 0 Å². The van der Waals surface area contributed by atoms with E-state index in [2.05, 4.69) is 44.6 Å². The van der Waals surface area contributed by atoms with E-state index in [1.54, 1.807) is 0 Å². The fraction of sp³-hybridized carbons (Fsp3) is 0.800. The van der Waals surface area contributed by atoms with Crippen molar-refractivity contribution in [1.82, 2.24) is 15.1 Å². The highest BCUT2D eigenvalue weighted by Crippen LogP contribution is 2.31. The molecule has 1 aromatic rings. The summed E-state index contributed by atoms with van der Waals surface area (Å²) < 4.78 is 2.28. The van der Waals surface area contributed by atoms with Gasteiger partial charge in [0.1, 0.15) is 0 Å². The highest BCUT2D eigenvalue weighted by atomic mass is 15.3. The maximum Gasteiger partial charge on any atom is 0.0641 e. The van der Waals surface area contributed by atoms with E-state index < -0.39 is 0 Å². The predicted octanol–water partition coefficient (Wildman–Crippen LogP) is 3.50. The molecule has 0 unspecified atom stereocenters. The zero-order valence-electron chi connectivity index (χ0n) is 12.5. The summed E-state index contributed by atoms with van der Waals surface area (Å²) in [7, 11) is 0. The van der Waals surface area contributed by atoms with Crippen LogP contribution in [0.4, 0.5) is 0 Å². The molecule has 1 aliphatic carbocycles. The van der Waals surface area contributed by atoms with Crippen LogP contribution in [0.3, 0.4) is 0 Å². The zero-order chi connectivity index (χ0) is 13.3. The second-order valence-electron chi connectivity index (χ2n) is 6.64. The lowest BCUT2D eigenvalue weighted by Crippen LogP contribution is -2.35. The van der Waals surface area contributed by atoms with Crippen molar-refractivity contribution in [3.63, 3.8) is 0 Å². The summed E-state index contributed by atoms with van der Waals surface area (Å²) in [6.07, 6.45) is 5.32. The van der Waals surface area contributed by atoms with Crippen LogP contribution < -0.4 is 5.32 Å². The molecule has 0 aliphatic heterocycles. The average Bonchev–Trinajstić information content (AvgIpc) is 2.84. The van der Waals surface area contributed by atoms with Crippen molar-refractivity contribution in [3.8, 4) is 0 Å². The molecular weight excluding hydrogens is 222 g/mol. The van der Waals surface area contributed by atoms with Crippen LogP contribution in [0.2, 0.25) is 0 Å². The molecule has 102 valence electrons. The SMILES string of the molecule is Cc1nn(C2CCCC2)c(C)c1CNC(C)(C)C. The molecule has 1 aromatic heterocycles. The van der Waals surface area contributed by atoms with Gasteiger partial charge in [0, 0.05) is 23.3 Å². The van der Waals surface area contributed by atoms with Crippen molar-refractivity contribution in [3.05, 3.63) is 17.0 Å². The highest BCUT2D eigenvalue weighted by Gasteiger charge is 2.22. The molecular formula is C15H27N3. The fourth-order valence-electron chi connectivity index (χ4n) is 2.81. The van der Waals surface area contributed by atoms with E-state index in [-0.39, 0.29) is 5.54 Å². The first-order valence-corrected chi connectivity index (χ1v) is 7.18. The first-order valence-electron chi connectivity index (χ1n) is 7.18. The summed E-state index contributed by atoms with van der Waals surface area (Å²) in [6, 6.07) is 0.645. The Hall–Kier alpha value is -0.830. The van der Waals surface area contributed by atoms with E-state index in [0.717, 1.165) is 6.54 Å². The lowest BCUT2D eigenvalue weighted by molar-refractivity contribution is 0.421. The zero-order valence-corrected chi connectivity index (χ0v) is 12.5. The molecule has 0 atom stereocenters. The molecule has 2 rings (SSSR count). The molecule has 0 radical (unpaired) electrons. The first-order chi connectivity index (χ1) is 8.38. The number of aryl methyl sites for hydroxylation is 1. The predicted molar refractivity (Wildman–Crippen MR) is 75.8 cm³/mol. The molecule has 18 heavy (non-hydrogen) atoms. The molecule has 0 saturated heterocycles. The van der Waals surface area contributed by atoms with E-state index in [1.165, 1.54) is 42.6 Å². The van der Waals surface area contributed by atoms with E-state index in [1.807, 2.05) is 0 Å². The Bertz CT molecular complexity index is 406. The van der Waals surface area contributed by atoms with Crippen LogP contribution in [0.25, 0.3) is 0 Å². The summed E-state index contributed by atoms with van der Waals surface area (Å²) in [5.74, 6) is 0. The van der Waals surface area contributed by atoms with Gasteiger partial charge in [0.05, 0.1) is 11.7 Å². The van der Waals surface area contributed by atoms with Crippen LogP contribution in [0.15, 0.2) is 0 Å². The van der Waals surface area contributed by atoms with E-state index >= 15 is 0 Å². The van der Waals surface area contributed by atoms with Gasteiger partial charge in [-0.05, 0) is 47.5 Å². The van der Waals surface area contributed by atoms with Crippen LogP contribution in [0.5, 0.6) is 0 Å². The first kappa shape index (κ1) is 13.6.